The molecule has 1 aromatic rings. The molecule has 1 N–H and O–H groups in total. The Morgan fingerprint density at radius 3 is 2.42 bits per heavy atom. The number of hydrogen-bond acceptors (Lipinski definition) is 1. The van der Waals surface area contributed by atoms with Crippen LogP contribution in [-0.4, -0.2) is 6.54 Å². The monoisotopic (exact) mass is 387 g/mol. The van der Waals surface area contributed by atoms with Gasteiger partial charge in [0, 0.05) is 15.0 Å². The van der Waals surface area contributed by atoms with Gasteiger partial charge in [-0.25, -0.2) is 0 Å². The first kappa shape index (κ1) is 15.5. The summed E-state index contributed by atoms with van der Waals surface area (Å²) < 4.78 is 2.36. The summed E-state index contributed by atoms with van der Waals surface area (Å²) in [7, 11) is 0. The van der Waals surface area contributed by atoms with E-state index in [0.29, 0.717) is 6.04 Å². The Bertz CT molecular complexity index is 398. The van der Waals surface area contributed by atoms with Crippen molar-refractivity contribution in [2.75, 3.05) is 6.54 Å². The molecule has 1 nitrogen and oxygen atoms in total. The lowest BCUT2D eigenvalue weighted by Gasteiger charge is -2.28. The summed E-state index contributed by atoms with van der Waals surface area (Å²) in [5.41, 5.74) is 1.41. The summed E-state index contributed by atoms with van der Waals surface area (Å²) in [5, 5.41) is 3.71. The van der Waals surface area contributed by atoms with Crippen LogP contribution in [0.25, 0.3) is 0 Å². The van der Waals surface area contributed by atoms with Crippen molar-refractivity contribution in [3.8, 4) is 0 Å². The number of hydrogen-bond donors (Lipinski definition) is 1. The standard InChI is InChI=1S/C16H23Br2N/c1-2-19-16(12-7-5-3-4-6-8-12)14-10-9-13(17)11-15(14)18/h9-12,16,19H,2-8H2,1H3. The highest BCUT2D eigenvalue weighted by atomic mass is 79.9. The summed E-state index contributed by atoms with van der Waals surface area (Å²) in [6, 6.07) is 7.06. The molecule has 1 aliphatic carbocycles. The van der Waals surface area contributed by atoms with Crippen LogP contribution >= 0.6 is 31.9 Å². The molecule has 1 unspecified atom stereocenters. The zero-order valence-corrected chi connectivity index (χ0v) is 14.8. The largest absolute Gasteiger partial charge is 0.310 e. The summed E-state index contributed by atoms with van der Waals surface area (Å²) in [5.74, 6) is 0.778. The maximum atomic E-state index is 3.73. The summed E-state index contributed by atoms with van der Waals surface area (Å²) in [6.07, 6.45) is 8.33. The minimum atomic E-state index is 0.491. The number of halogens is 2. The van der Waals surface area contributed by atoms with Gasteiger partial charge in [0.05, 0.1) is 0 Å². The third kappa shape index (κ3) is 4.30. The molecule has 19 heavy (non-hydrogen) atoms. The van der Waals surface area contributed by atoms with Crippen LogP contribution in [0.4, 0.5) is 0 Å². The van der Waals surface area contributed by atoms with Crippen LogP contribution in [0.5, 0.6) is 0 Å². The Labute approximate surface area is 133 Å². The lowest BCUT2D eigenvalue weighted by molar-refractivity contribution is 0.329. The molecular weight excluding hydrogens is 366 g/mol. The molecule has 0 spiro atoms. The van der Waals surface area contributed by atoms with Crippen LogP contribution in [0, 0.1) is 5.92 Å². The Kier molecular flexibility index (Phi) is 6.37. The predicted molar refractivity (Wildman–Crippen MR) is 89.5 cm³/mol. The molecule has 1 atom stereocenters. The zero-order valence-electron chi connectivity index (χ0n) is 11.6. The fourth-order valence-corrected chi connectivity index (χ4v) is 4.44. The maximum Gasteiger partial charge on any atom is 0.0359 e. The van der Waals surface area contributed by atoms with E-state index in [1.807, 2.05) is 0 Å². The fourth-order valence-electron chi connectivity index (χ4n) is 3.15. The average molecular weight is 389 g/mol. The molecule has 1 fully saturated rings. The van der Waals surface area contributed by atoms with E-state index in [1.54, 1.807) is 0 Å². The number of nitrogens with one attached hydrogen (secondary N) is 1. The Morgan fingerprint density at radius 2 is 1.84 bits per heavy atom. The van der Waals surface area contributed by atoms with Gasteiger partial charge in [0.2, 0.25) is 0 Å². The number of benzene rings is 1. The van der Waals surface area contributed by atoms with Crippen molar-refractivity contribution < 1.29 is 0 Å². The van der Waals surface area contributed by atoms with E-state index in [9.17, 15) is 0 Å². The zero-order chi connectivity index (χ0) is 13.7. The Morgan fingerprint density at radius 1 is 1.16 bits per heavy atom. The van der Waals surface area contributed by atoms with E-state index >= 15 is 0 Å². The molecule has 0 radical (unpaired) electrons. The fraction of sp³-hybridized carbons (Fsp3) is 0.625. The normalized spacial score (nSPS) is 19.1. The molecular formula is C16H23Br2N. The smallest absolute Gasteiger partial charge is 0.0359 e. The van der Waals surface area contributed by atoms with Gasteiger partial charge in [0.15, 0.2) is 0 Å². The second-order valence-corrected chi connectivity index (χ2v) is 7.22. The van der Waals surface area contributed by atoms with Gasteiger partial charge in [-0.05, 0) is 43.0 Å². The van der Waals surface area contributed by atoms with E-state index in [0.717, 1.165) is 16.9 Å². The molecule has 1 saturated carbocycles. The van der Waals surface area contributed by atoms with E-state index in [2.05, 4.69) is 62.3 Å². The highest BCUT2D eigenvalue weighted by Crippen LogP contribution is 2.37. The van der Waals surface area contributed by atoms with Crippen molar-refractivity contribution in [2.45, 2.75) is 51.5 Å². The first-order valence-corrected chi connectivity index (χ1v) is 8.99. The van der Waals surface area contributed by atoms with Crippen LogP contribution in [0.2, 0.25) is 0 Å². The first-order chi connectivity index (χ1) is 9.22. The van der Waals surface area contributed by atoms with Crippen LogP contribution < -0.4 is 5.32 Å². The van der Waals surface area contributed by atoms with Gasteiger partial charge >= 0.3 is 0 Å². The predicted octanol–water partition coefficient (Wildman–Crippen LogP) is 5.83. The van der Waals surface area contributed by atoms with Crippen LogP contribution in [0.1, 0.15) is 57.1 Å². The number of rotatable bonds is 4. The van der Waals surface area contributed by atoms with Gasteiger partial charge in [-0.1, -0.05) is 70.5 Å². The van der Waals surface area contributed by atoms with Crippen molar-refractivity contribution in [3.63, 3.8) is 0 Å². The molecule has 3 heteroatoms. The summed E-state index contributed by atoms with van der Waals surface area (Å²) >= 11 is 7.28. The van der Waals surface area contributed by atoms with Crippen molar-refractivity contribution >= 4 is 31.9 Å². The molecule has 0 aliphatic heterocycles. The molecule has 1 aliphatic rings. The van der Waals surface area contributed by atoms with Crippen LogP contribution in [0.3, 0.4) is 0 Å². The lowest BCUT2D eigenvalue weighted by atomic mass is 9.87. The molecule has 0 heterocycles. The quantitative estimate of drug-likeness (QED) is 0.639. The van der Waals surface area contributed by atoms with Gasteiger partial charge in [-0.3, -0.25) is 0 Å². The van der Waals surface area contributed by atoms with Crippen LogP contribution in [0.15, 0.2) is 27.1 Å². The molecule has 1 aromatic carbocycles. The van der Waals surface area contributed by atoms with Crippen molar-refractivity contribution in [2.24, 2.45) is 5.92 Å². The Hall–Kier alpha value is 0.140. The second kappa shape index (κ2) is 7.80. The third-order valence-corrected chi connectivity index (χ3v) is 5.27. The van der Waals surface area contributed by atoms with Crippen molar-refractivity contribution in [3.05, 3.63) is 32.7 Å². The molecule has 0 aromatic heterocycles. The third-order valence-electron chi connectivity index (χ3n) is 4.09. The van der Waals surface area contributed by atoms with Crippen LogP contribution in [-0.2, 0) is 0 Å². The molecule has 2 rings (SSSR count). The highest BCUT2D eigenvalue weighted by molar-refractivity contribution is 9.11. The maximum absolute atomic E-state index is 3.73. The van der Waals surface area contributed by atoms with E-state index in [1.165, 1.54) is 48.6 Å². The van der Waals surface area contributed by atoms with Crippen molar-refractivity contribution in [1.29, 1.82) is 0 Å². The molecule has 106 valence electrons. The highest BCUT2D eigenvalue weighted by Gasteiger charge is 2.24. The van der Waals surface area contributed by atoms with E-state index in [-0.39, 0.29) is 0 Å². The summed E-state index contributed by atoms with van der Waals surface area (Å²) in [4.78, 5) is 0. The van der Waals surface area contributed by atoms with Gasteiger partial charge in [-0.2, -0.15) is 0 Å². The van der Waals surface area contributed by atoms with Gasteiger partial charge < -0.3 is 5.32 Å². The summed E-state index contributed by atoms with van der Waals surface area (Å²) in [6.45, 7) is 3.24. The minimum Gasteiger partial charge on any atom is -0.310 e. The van der Waals surface area contributed by atoms with Crippen molar-refractivity contribution in [1.82, 2.24) is 5.32 Å². The molecule has 0 bridgehead atoms. The minimum absolute atomic E-state index is 0.491. The Balaban J connectivity index is 2.22. The molecule has 0 amide bonds. The topological polar surface area (TPSA) is 12.0 Å². The van der Waals surface area contributed by atoms with Gasteiger partial charge in [0.25, 0.3) is 0 Å². The SMILES string of the molecule is CCNC(c1ccc(Br)cc1Br)C1CCCCCC1. The first-order valence-electron chi connectivity index (χ1n) is 7.40. The molecule has 0 saturated heterocycles. The van der Waals surface area contributed by atoms with Gasteiger partial charge in [0.1, 0.15) is 0 Å². The average Bonchev–Trinajstić information content (AvgIpc) is 2.65. The van der Waals surface area contributed by atoms with E-state index in [4.69, 9.17) is 0 Å². The van der Waals surface area contributed by atoms with Gasteiger partial charge in [-0.15, -0.1) is 0 Å². The second-order valence-electron chi connectivity index (χ2n) is 5.45. The van der Waals surface area contributed by atoms with E-state index < -0.39 is 0 Å². The lowest BCUT2D eigenvalue weighted by Crippen LogP contribution is -2.28.